The molecule has 5 rings (SSSR count). The van der Waals surface area contributed by atoms with E-state index in [1.165, 1.54) is 5.69 Å². The molecule has 1 aliphatic rings. The summed E-state index contributed by atoms with van der Waals surface area (Å²) in [6.07, 6.45) is 0. The van der Waals surface area contributed by atoms with Gasteiger partial charge in [-0.1, -0.05) is 66.7 Å². The molecule has 0 amide bonds. The van der Waals surface area contributed by atoms with E-state index < -0.39 is 10.0 Å². The Morgan fingerprint density at radius 3 is 2.14 bits per heavy atom. The standard InChI is InChI=1S/C30H34N4O2S/c1-32(2)26-17-15-25(16-18-26)29(34-21-19-33(20-22-34)27-11-4-3-5-12-27)23-31-37(35,36)30-14-8-10-24-9-6-7-13-28(24)30/h3-18,29,31H,19-23H2,1-2H3. The average molecular weight is 515 g/mol. The lowest BCUT2D eigenvalue weighted by molar-refractivity contribution is 0.187. The number of nitrogens with one attached hydrogen (secondary N) is 1. The molecule has 0 bridgehead atoms. The fraction of sp³-hybridized carbons (Fsp3) is 0.267. The van der Waals surface area contributed by atoms with Gasteiger partial charge in [0.05, 0.1) is 4.90 Å². The molecule has 1 atom stereocenters. The number of anilines is 2. The van der Waals surface area contributed by atoms with Crippen molar-refractivity contribution in [3.8, 4) is 0 Å². The minimum Gasteiger partial charge on any atom is -0.378 e. The first-order valence-electron chi connectivity index (χ1n) is 12.7. The van der Waals surface area contributed by atoms with E-state index in [4.69, 9.17) is 0 Å². The number of fused-ring (bicyclic) bond motifs is 1. The summed E-state index contributed by atoms with van der Waals surface area (Å²) in [4.78, 5) is 7.18. The van der Waals surface area contributed by atoms with Gasteiger partial charge in [0, 0.05) is 69.6 Å². The maximum Gasteiger partial charge on any atom is 0.241 e. The molecule has 1 saturated heterocycles. The number of hydrogen-bond donors (Lipinski definition) is 1. The van der Waals surface area contributed by atoms with Crippen LogP contribution in [0.25, 0.3) is 10.8 Å². The van der Waals surface area contributed by atoms with Crippen molar-refractivity contribution >= 4 is 32.2 Å². The lowest BCUT2D eigenvalue weighted by Crippen LogP contribution is -2.49. The average Bonchev–Trinajstić information content (AvgIpc) is 2.94. The first kappa shape index (κ1) is 25.3. The molecule has 1 unspecified atom stereocenters. The van der Waals surface area contributed by atoms with Crippen molar-refractivity contribution in [1.82, 2.24) is 9.62 Å². The van der Waals surface area contributed by atoms with Gasteiger partial charge in [0.2, 0.25) is 10.0 Å². The van der Waals surface area contributed by atoms with Crippen LogP contribution in [0.4, 0.5) is 11.4 Å². The number of para-hydroxylation sites is 1. The molecular formula is C30H34N4O2S. The highest BCUT2D eigenvalue weighted by Gasteiger charge is 2.27. The van der Waals surface area contributed by atoms with Crippen molar-refractivity contribution in [2.75, 3.05) is 56.6 Å². The summed E-state index contributed by atoms with van der Waals surface area (Å²) < 4.78 is 30.0. The third-order valence-corrected chi connectivity index (χ3v) is 8.66. The lowest BCUT2D eigenvalue weighted by Gasteiger charge is -2.40. The summed E-state index contributed by atoms with van der Waals surface area (Å²) >= 11 is 0. The zero-order chi connectivity index (χ0) is 25.8. The first-order chi connectivity index (χ1) is 17.9. The molecule has 192 valence electrons. The van der Waals surface area contributed by atoms with Gasteiger partial charge in [-0.15, -0.1) is 0 Å². The molecule has 0 saturated carbocycles. The number of benzene rings is 4. The third-order valence-electron chi connectivity index (χ3n) is 7.18. The molecule has 0 aliphatic carbocycles. The molecule has 1 fully saturated rings. The Morgan fingerprint density at radius 1 is 0.784 bits per heavy atom. The molecule has 4 aromatic rings. The number of rotatable bonds is 8. The summed E-state index contributed by atoms with van der Waals surface area (Å²) in [5.41, 5.74) is 3.46. The molecule has 0 radical (unpaired) electrons. The van der Waals surface area contributed by atoms with Crippen LogP contribution >= 0.6 is 0 Å². The molecule has 7 heteroatoms. The Morgan fingerprint density at radius 2 is 1.43 bits per heavy atom. The minimum absolute atomic E-state index is 0.0705. The van der Waals surface area contributed by atoms with Gasteiger partial charge in [-0.2, -0.15) is 0 Å². The van der Waals surface area contributed by atoms with Gasteiger partial charge in [-0.25, -0.2) is 13.1 Å². The molecule has 37 heavy (non-hydrogen) atoms. The fourth-order valence-corrected chi connectivity index (χ4v) is 6.35. The smallest absolute Gasteiger partial charge is 0.241 e. The van der Waals surface area contributed by atoms with E-state index in [0.717, 1.165) is 48.2 Å². The molecule has 1 aliphatic heterocycles. The van der Waals surface area contributed by atoms with Gasteiger partial charge in [0.1, 0.15) is 0 Å². The molecule has 1 N–H and O–H groups in total. The maximum atomic E-state index is 13.5. The van der Waals surface area contributed by atoms with Crippen LogP contribution in [0.5, 0.6) is 0 Å². The number of sulfonamides is 1. The van der Waals surface area contributed by atoms with Crippen molar-refractivity contribution in [2.24, 2.45) is 0 Å². The van der Waals surface area contributed by atoms with Crippen LogP contribution in [0.2, 0.25) is 0 Å². The van der Waals surface area contributed by atoms with Crippen LogP contribution in [-0.4, -0.2) is 60.1 Å². The second-order valence-electron chi connectivity index (χ2n) is 9.69. The second kappa shape index (κ2) is 10.9. The Kier molecular flexibility index (Phi) is 7.46. The van der Waals surface area contributed by atoms with E-state index in [2.05, 4.69) is 68.0 Å². The number of piperazine rings is 1. The van der Waals surface area contributed by atoms with Gasteiger partial charge >= 0.3 is 0 Å². The van der Waals surface area contributed by atoms with E-state index in [-0.39, 0.29) is 6.04 Å². The van der Waals surface area contributed by atoms with Crippen LogP contribution in [0.15, 0.2) is 102 Å². The topological polar surface area (TPSA) is 55.9 Å². The largest absolute Gasteiger partial charge is 0.378 e. The van der Waals surface area contributed by atoms with Crippen LogP contribution < -0.4 is 14.5 Å². The highest BCUT2D eigenvalue weighted by molar-refractivity contribution is 7.89. The molecule has 1 heterocycles. The van der Waals surface area contributed by atoms with Crippen LogP contribution in [0.1, 0.15) is 11.6 Å². The lowest BCUT2D eigenvalue weighted by atomic mass is 10.0. The predicted octanol–water partition coefficient (Wildman–Crippen LogP) is 4.75. The monoisotopic (exact) mass is 514 g/mol. The number of nitrogens with zero attached hydrogens (tertiary/aromatic N) is 3. The van der Waals surface area contributed by atoms with Gasteiger partial charge in [0.25, 0.3) is 0 Å². The SMILES string of the molecule is CN(C)c1ccc(C(CNS(=O)(=O)c2cccc3ccccc23)N2CCN(c3ccccc3)CC2)cc1. The van der Waals surface area contributed by atoms with Crippen molar-refractivity contribution in [3.05, 3.63) is 103 Å². The molecule has 4 aromatic carbocycles. The second-order valence-corrected chi connectivity index (χ2v) is 11.4. The fourth-order valence-electron chi connectivity index (χ4n) is 5.08. The minimum atomic E-state index is -3.70. The van der Waals surface area contributed by atoms with E-state index >= 15 is 0 Å². The Labute approximate surface area is 220 Å². The third kappa shape index (κ3) is 5.64. The molecule has 0 aromatic heterocycles. The van der Waals surface area contributed by atoms with Crippen molar-refractivity contribution in [3.63, 3.8) is 0 Å². The quantitative estimate of drug-likeness (QED) is 0.368. The van der Waals surface area contributed by atoms with E-state index in [1.807, 2.05) is 50.5 Å². The van der Waals surface area contributed by atoms with Crippen molar-refractivity contribution in [2.45, 2.75) is 10.9 Å². The van der Waals surface area contributed by atoms with Gasteiger partial charge in [0.15, 0.2) is 0 Å². The van der Waals surface area contributed by atoms with Crippen LogP contribution in [-0.2, 0) is 10.0 Å². The van der Waals surface area contributed by atoms with E-state index in [9.17, 15) is 8.42 Å². The Hall–Kier alpha value is -3.39. The zero-order valence-electron chi connectivity index (χ0n) is 21.4. The highest BCUT2D eigenvalue weighted by atomic mass is 32.2. The van der Waals surface area contributed by atoms with Crippen molar-refractivity contribution < 1.29 is 8.42 Å². The highest BCUT2D eigenvalue weighted by Crippen LogP contribution is 2.27. The maximum absolute atomic E-state index is 13.5. The van der Waals surface area contributed by atoms with E-state index in [0.29, 0.717) is 11.4 Å². The normalized spacial score (nSPS) is 15.6. The van der Waals surface area contributed by atoms with Crippen molar-refractivity contribution in [1.29, 1.82) is 0 Å². The van der Waals surface area contributed by atoms with E-state index in [1.54, 1.807) is 12.1 Å². The summed E-state index contributed by atoms with van der Waals surface area (Å²) in [6, 6.07) is 31.9. The summed E-state index contributed by atoms with van der Waals surface area (Å²) in [5, 5.41) is 1.65. The summed E-state index contributed by atoms with van der Waals surface area (Å²) in [7, 11) is 0.344. The molecule has 6 nitrogen and oxygen atoms in total. The van der Waals surface area contributed by atoms with Crippen LogP contribution in [0, 0.1) is 0 Å². The van der Waals surface area contributed by atoms with Gasteiger partial charge in [-0.05, 0) is 41.3 Å². The summed E-state index contributed by atoms with van der Waals surface area (Å²) in [5.74, 6) is 0. The zero-order valence-corrected chi connectivity index (χ0v) is 22.2. The van der Waals surface area contributed by atoms with Crippen LogP contribution in [0.3, 0.4) is 0 Å². The predicted molar refractivity (Wildman–Crippen MR) is 153 cm³/mol. The van der Waals surface area contributed by atoms with Gasteiger partial charge in [-0.3, -0.25) is 4.90 Å². The molecule has 0 spiro atoms. The first-order valence-corrected chi connectivity index (χ1v) is 14.2. The van der Waals surface area contributed by atoms with Gasteiger partial charge < -0.3 is 9.80 Å². The number of hydrogen-bond acceptors (Lipinski definition) is 5. The molecular weight excluding hydrogens is 480 g/mol. The summed E-state index contributed by atoms with van der Waals surface area (Å²) in [6.45, 7) is 3.80. The Balaban J connectivity index is 1.38. The Bertz CT molecular complexity index is 1430.